The minimum Gasteiger partial charge on any atom is -0.344 e. The summed E-state index contributed by atoms with van der Waals surface area (Å²) in [6, 6.07) is 2.13. The molecule has 1 aliphatic heterocycles. The third-order valence-electron chi connectivity index (χ3n) is 5.80. The van der Waals surface area contributed by atoms with Crippen LogP contribution in [0.15, 0.2) is 31.2 Å². The van der Waals surface area contributed by atoms with Crippen LogP contribution in [0.5, 0.6) is 0 Å². The molecule has 3 heterocycles. The molecule has 4 atom stereocenters. The first kappa shape index (κ1) is 17.0. The van der Waals surface area contributed by atoms with Gasteiger partial charge in [0.1, 0.15) is 23.2 Å². The molecule has 1 saturated heterocycles. The lowest BCUT2D eigenvalue weighted by Crippen LogP contribution is -2.35. The van der Waals surface area contributed by atoms with E-state index in [1.54, 1.807) is 0 Å². The monoisotopic (exact) mass is 361 g/mol. The fourth-order valence-electron chi connectivity index (χ4n) is 4.63. The van der Waals surface area contributed by atoms with Crippen molar-refractivity contribution in [2.24, 2.45) is 5.41 Å². The fraction of sp³-hybridized carbons (Fsp3) is 0.579. The van der Waals surface area contributed by atoms with Crippen molar-refractivity contribution < 1.29 is 9.47 Å². The van der Waals surface area contributed by atoms with Crippen LogP contribution in [-0.4, -0.2) is 32.5 Å². The van der Waals surface area contributed by atoms with E-state index in [1.165, 1.54) is 6.33 Å². The predicted octanol–water partition coefficient (Wildman–Crippen LogP) is 4.52. The molecule has 0 radical (unpaired) electrons. The van der Waals surface area contributed by atoms with Gasteiger partial charge in [0.25, 0.3) is 0 Å². The number of fused-ring (bicyclic) bond motifs is 2. The Balaban J connectivity index is 1.81. The topological polar surface area (TPSA) is 49.2 Å². The molecule has 0 bridgehead atoms. The van der Waals surface area contributed by atoms with E-state index in [4.69, 9.17) is 21.1 Å². The molecule has 0 unspecified atom stereocenters. The highest BCUT2D eigenvalue weighted by atomic mass is 35.5. The molecule has 6 heteroatoms. The summed E-state index contributed by atoms with van der Waals surface area (Å²) in [6.45, 7) is 10.2. The van der Waals surface area contributed by atoms with E-state index in [9.17, 15) is 0 Å². The minimum atomic E-state index is -0.578. The zero-order chi connectivity index (χ0) is 17.8. The van der Waals surface area contributed by atoms with Gasteiger partial charge in [0.2, 0.25) is 0 Å². The minimum absolute atomic E-state index is 0.0146. The van der Waals surface area contributed by atoms with Crippen molar-refractivity contribution in [3.63, 3.8) is 0 Å². The largest absolute Gasteiger partial charge is 0.344 e. The Kier molecular flexibility index (Phi) is 3.94. The van der Waals surface area contributed by atoms with Crippen LogP contribution >= 0.6 is 11.6 Å². The fourth-order valence-corrected chi connectivity index (χ4v) is 4.83. The van der Waals surface area contributed by atoms with Gasteiger partial charge in [-0.25, -0.2) is 9.97 Å². The SMILES string of the molecule is C=CC[C@@]1(CC)C[C@@H](n2ccc3c(Cl)ncnc32)[C@@H]2OC(C)(C)O[C@@H]21. The average molecular weight is 362 g/mol. The molecule has 134 valence electrons. The van der Waals surface area contributed by atoms with Crippen molar-refractivity contribution in [2.45, 2.75) is 64.1 Å². The second-order valence-electron chi connectivity index (χ2n) is 7.63. The van der Waals surface area contributed by atoms with Crippen LogP contribution in [0.25, 0.3) is 11.0 Å². The van der Waals surface area contributed by atoms with Gasteiger partial charge >= 0.3 is 0 Å². The van der Waals surface area contributed by atoms with Crippen LogP contribution in [0.2, 0.25) is 5.15 Å². The highest BCUT2D eigenvalue weighted by Gasteiger charge is 2.60. The standard InChI is InChI=1S/C19H24ClN3O2/c1-5-8-19(6-2)10-13(14-15(19)25-18(3,4)24-14)23-9-7-12-16(20)21-11-22-17(12)23/h5,7,9,11,13-15H,1,6,8,10H2,2-4H3/t13-,14+,15+,19+/m1/s1. The van der Waals surface area contributed by atoms with E-state index in [2.05, 4.69) is 28.0 Å². The van der Waals surface area contributed by atoms with Crippen LogP contribution in [0.3, 0.4) is 0 Å². The molecule has 1 aliphatic carbocycles. The zero-order valence-electron chi connectivity index (χ0n) is 14.9. The van der Waals surface area contributed by atoms with Gasteiger partial charge < -0.3 is 14.0 Å². The Bertz CT molecular complexity index is 818. The molecule has 0 amide bonds. The first-order valence-electron chi connectivity index (χ1n) is 8.84. The Hall–Kier alpha value is -1.43. The first-order valence-corrected chi connectivity index (χ1v) is 9.22. The van der Waals surface area contributed by atoms with Gasteiger partial charge in [-0.05, 0) is 39.2 Å². The van der Waals surface area contributed by atoms with E-state index in [0.29, 0.717) is 5.15 Å². The molecule has 4 rings (SSSR count). The lowest BCUT2D eigenvalue weighted by atomic mass is 9.78. The van der Waals surface area contributed by atoms with Crippen LogP contribution in [0, 0.1) is 5.41 Å². The van der Waals surface area contributed by atoms with Gasteiger partial charge in [-0.15, -0.1) is 6.58 Å². The number of allylic oxidation sites excluding steroid dienone is 1. The Morgan fingerprint density at radius 3 is 2.92 bits per heavy atom. The van der Waals surface area contributed by atoms with Crippen molar-refractivity contribution in [3.05, 3.63) is 36.4 Å². The van der Waals surface area contributed by atoms with Crippen LogP contribution in [0.4, 0.5) is 0 Å². The van der Waals surface area contributed by atoms with Crippen molar-refractivity contribution >= 4 is 22.6 Å². The van der Waals surface area contributed by atoms with Crippen LogP contribution in [0.1, 0.15) is 46.1 Å². The molecule has 2 aromatic heterocycles. The first-order chi connectivity index (χ1) is 11.9. The summed E-state index contributed by atoms with van der Waals surface area (Å²) in [5.74, 6) is -0.578. The van der Waals surface area contributed by atoms with Crippen molar-refractivity contribution in [1.29, 1.82) is 0 Å². The maximum atomic E-state index is 6.35. The highest BCUT2D eigenvalue weighted by molar-refractivity contribution is 6.33. The second kappa shape index (κ2) is 5.79. The van der Waals surface area contributed by atoms with Gasteiger partial charge in [0.15, 0.2) is 5.79 Å². The number of nitrogens with zero attached hydrogens (tertiary/aromatic N) is 3. The Morgan fingerprint density at radius 2 is 2.20 bits per heavy atom. The maximum absolute atomic E-state index is 6.35. The maximum Gasteiger partial charge on any atom is 0.163 e. The number of rotatable bonds is 4. The summed E-state index contributed by atoms with van der Waals surface area (Å²) < 4.78 is 14.9. The van der Waals surface area contributed by atoms with Crippen LogP contribution in [-0.2, 0) is 9.47 Å². The summed E-state index contributed by atoms with van der Waals surface area (Å²) in [4.78, 5) is 8.55. The molecule has 2 aliphatic rings. The molecule has 0 spiro atoms. The van der Waals surface area contributed by atoms with E-state index in [1.807, 2.05) is 32.2 Å². The van der Waals surface area contributed by atoms with Gasteiger partial charge in [-0.1, -0.05) is 24.6 Å². The number of halogens is 1. The Labute approximate surface area is 153 Å². The van der Waals surface area contributed by atoms with Gasteiger partial charge in [0.05, 0.1) is 17.5 Å². The zero-order valence-corrected chi connectivity index (χ0v) is 15.7. The van der Waals surface area contributed by atoms with Gasteiger partial charge in [0, 0.05) is 11.6 Å². The van der Waals surface area contributed by atoms with Gasteiger partial charge in [-0.2, -0.15) is 0 Å². The van der Waals surface area contributed by atoms with Crippen molar-refractivity contribution in [1.82, 2.24) is 14.5 Å². The number of aromatic nitrogens is 3. The molecule has 0 aromatic carbocycles. The van der Waals surface area contributed by atoms with Crippen LogP contribution < -0.4 is 0 Å². The van der Waals surface area contributed by atoms with Crippen molar-refractivity contribution in [3.8, 4) is 0 Å². The van der Waals surface area contributed by atoms with Crippen molar-refractivity contribution in [2.75, 3.05) is 0 Å². The molecular weight excluding hydrogens is 338 g/mol. The molecule has 25 heavy (non-hydrogen) atoms. The highest BCUT2D eigenvalue weighted by Crippen LogP contribution is 2.57. The predicted molar refractivity (Wildman–Crippen MR) is 97.6 cm³/mol. The summed E-state index contributed by atoms with van der Waals surface area (Å²) >= 11 is 6.23. The molecule has 1 saturated carbocycles. The summed E-state index contributed by atoms with van der Waals surface area (Å²) in [5.41, 5.74) is 0.876. The van der Waals surface area contributed by atoms with E-state index in [0.717, 1.165) is 30.3 Å². The lowest BCUT2D eigenvalue weighted by Gasteiger charge is -2.33. The molecule has 2 fully saturated rings. The molecular formula is C19H24ClN3O2. The van der Waals surface area contributed by atoms with E-state index >= 15 is 0 Å². The third-order valence-corrected chi connectivity index (χ3v) is 6.10. The van der Waals surface area contributed by atoms with Gasteiger partial charge in [-0.3, -0.25) is 0 Å². The molecule has 5 nitrogen and oxygen atoms in total. The quantitative estimate of drug-likeness (QED) is 0.593. The average Bonchev–Trinajstić information content (AvgIpc) is 3.20. The third kappa shape index (κ3) is 2.52. The lowest BCUT2D eigenvalue weighted by molar-refractivity contribution is -0.169. The molecule has 0 N–H and O–H groups in total. The smallest absolute Gasteiger partial charge is 0.163 e. The number of hydrogen-bond acceptors (Lipinski definition) is 4. The summed E-state index contributed by atoms with van der Waals surface area (Å²) in [6.07, 6.45) is 8.49. The second-order valence-corrected chi connectivity index (χ2v) is 7.98. The van der Waals surface area contributed by atoms with E-state index < -0.39 is 5.79 Å². The molecule has 2 aromatic rings. The summed E-state index contributed by atoms with van der Waals surface area (Å²) in [5, 5.41) is 1.35. The Morgan fingerprint density at radius 1 is 1.40 bits per heavy atom. The van der Waals surface area contributed by atoms with E-state index in [-0.39, 0.29) is 23.7 Å². The summed E-state index contributed by atoms with van der Waals surface area (Å²) in [7, 11) is 0. The normalized spacial score (nSPS) is 33.7. The number of ether oxygens (including phenoxy) is 2. The number of hydrogen-bond donors (Lipinski definition) is 0.